The molecule has 6 nitrogen and oxygen atoms in total. The van der Waals surface area contributed by atoms with Gasteiger partial charge in [0.1, 0.15) is 0 Å². The second kappa shape index (κ2) is 5.39. The van der Waals surface area contributed by atoms with Crippen LogP contribution in [0.1, 0.15) is 23.2 Å². The van der Waals surface area contributed by atoms with Gasteiger partial charge in [-0.15, -0.1) is 0 Å². The maximum absolute atomic E-state index is 12.2. The van der Waals surface area contributed by atoms with Crippen molar-refractivity contribution in [2.45, 2.75) is 12.8 Å². The van der Waals surface area contributed by atoms with Gasteiger partial charge in [-0.2, -0.15) is 5.26 Å². The summed E-state index contributed by atoms with van der Waals surface area (Å²) in [6.07, 6.45) is 1.32. The van der Waals surface area contributed by atoms with Crippen molar-refractivity contribution >= 4 is 28.9 Å². The lowest BCUT2D eigenvalue weighted by Gasteiger charge is -2.07. The second-order valence-corrected chi connectivity index (χ2v) is 4.96. The van der Waals surface area contributed by atoms with E-state index in [0.29, 0.717) is 12.8 Å². The molecule has 0 saturated heterocycles. The van der Waals surface area contributed by atoms with Crippen molar-refractivity contribution in [3.05, 3.63) is 38.9 Å². The van der Waals surface area contributed by atoms with E-state index in [0.717, 1.165) is 6.07 Å². The van der Waals surface area contributed by atoms with Crippen LogP contribution in [0.4, 0.5) is 5.69 Å². The highest BCUT2D eigenvalue weighted by molar-refractivity contribution is 6.31. The van der Waals surface area contributed by atoms with E-state index in [2.05, 4.69) is 0 Å². The summed E-state index contributed by atoms with van der Waals surface area (Å²) in [7, 11) is 0. The number of hydrogen-bond acceptors (Lipinski definition) is 5. The van der Waals surface area contributed by atoms with Gasteiger partial charge in [0, 0.05) is 17.0 Å². The van der Waals surface area contributed by atoms with E-state index in [-0.39, 0.29) is 16.5 Å². The third-order valence-electron chi connectivity index (χ3n) is 3.08. The van der Waals surface area contributed by atoms with E-state index in [9.17, 15) is 19.7 Å². The summed E-state index contributed by atoms with van der Waals surface area (Å²) in [4.78, 5) is 34.2. The Bertz CT molecular complexity index is 646. The number of nitriles is 1. The van der Waals surface area contributed by atoms with Gasteiger partial charge < -0.3 is 0 Å². The number of nitrogens with zero attached hydrogens (tertiary/aromatic N) is 2. The van der Waals surface area contributed by atoms with E-state index in [1.807, 2.05) is 0 Å². The average molecular weight is 293 g/mol. The molecule has 0 bridgehead atoms. The summed E-state index contributed by atoms with van der Waals surface area (Å²) in [5.41, 5.74) is -0.758. The lowest BCUT2D eigenvalue weighted by molar-refractivity contribution is -0.385. The zero-order chi connectivity index (χ0) is 14.9. The quantitative estimate of drug-likeness (QED) is 0.359. The smallest absolute Gasteiger partial charge is 0.281 e. The largest absolute Gasteiger partial charge is 0.297 e. The number of hydrogen-bond donors (Lipinski definition) is 0. The molecule has 1 unspecified atom stereocenters. The maximum atomic E-state index is 12.2. The number of carbonyl (C=O) groups excluding carboxylic acids is 2. The molecular formula is C13H9ClN2O4. The molecule has 0 amide bonds. The molecule has 2 rings (SSSR count). The number of nitro groups is 1. The minimum absolute atomic E-state index is 0.107. The number of ketones is 2. The molecule has 0 heterocycles. The standard InChI is InChI=1S/C13H9ClN2O4/c14-8-3-4-9(11(5-8)16(19)20)13(18)10(6-15)12(17)7-1-2-7/h3-5,7,10H,1-2H2. The number of Topliss-reactive ketones (excluding diaryl/α,β-unsaturated/α-hetero) is 2. The summed E-state index contributed by atoms with van der Waals surface area (Å²) < 4.78 is 0. The van der Waals surface area contributed by atoms with Crippen LogP contribution in [-0.4, -0.2) is 16.5 Å². The van der Waals surface area contributed by atoms with E-state index < -0.39 is 28.1 Å². The Morgan fingerprint density at radius 2 is 2.10 bits per heavy atom. The Morgan fingerprint density at radius 3 is 2.60 bits per heavy atom. The summed E-state index contributed by atoms with van der Waals surface area (Å²) in [5.74, 6) is -3.05. The molecule has 1 aromatic carbocycles. The normalized spacial score (nSPS) is 15.2. The molecular weight excluding hydrogens is 284 g/mol. The summed E-state index contributed by atoms with van der Waals surface area (Å²) in [6, 6.07) is 5.17. The van der Waals surface area contributed by atoms with E-state index in [1.165, 1.54) is 12.1 Å². The number of carbonyl (C=O) groups is 2. The molecule has 1 aliphatic rings. The van der Waals surface area contributed by atoms with Gasteiger partial charge in [0.2, 0.25) is 0 Å². The average Bonchev–Trinajstić information content (AvgIpc) is 3.23. The first-order valence-electron chi connectivity index (χ1n) is 5.87. The minimum atomic E-state index is -1.48. The zero-order valence-corrected chi connectivity index (χ0v) is 11.0. The minimum Gasteiger partial charge on any atom is -0.297 e. The number of nitro benzene ring substituents is 1. The highest BCUT2D eigenvalue weighted by Crippen LogP contribution is 2.34. The van der Waals surface area contributed by atoms with Crippen LogP contribution in [-0.2, 0) is 4.79 Å². The molecule has 0 spiro atoms. The van der Waals surface area contributed by atoms with Crippen LogP contribution in [0.2, 0.25) is 5.02 Å². The van der Waals surface area contributed by atoms with Crippen LogP contribution in [0, 0.1) is 33.3 Å². The molecule has 1 atom stereocenters. The van der Waals surface area contributed by atoms with Crippen LogP contribution >= 0.6 is 11.6 Å². The number of benzene rings is 1. The fourth-order valence-electron chi connectivity index (χ4n) is 1.87. The second-order valence-electron chi connectivity index (χ2n) is 4.52. The van der Waals surface area contributed by atoms with Gasteiger partial charge in [-0.1, -0.05) is 11.6 Å². The molecule has 102 valence electrons. The summed E-state index contributed by atoms with van der Waals surface area (Å²) in [5, 5.41) is 20.0. The molecule has 1 saturated carbocycles. The van der Waals surface area contributed by atoms with Crippen molar-refractivity contribution in [2.24, 2.45) is 11.8 Å². The van der Waals surface area contributed by atoms with Crippen molar-refractivity contribution in [2.75, 3.05) is 0 Å². The SMILES string of the molecule is N#CC(C(=O)c1ccc(Cl)cc1[N+](=O)[O-])C(=O)C1CC1. The Kier molecular flexibility index (Phi) is 3.81. The van der Waals surface area contributed by atoms with Gasteiger partial charge in [0.25, 0.3) is 5.69 Å². The molecule has 0 aliphatic heterocycles. The lowest BCUT2D eigenvalue weighted by Crippen LogP contribution is -2.24. The van der Waals surface area contributed by atoms with Gasteiger partial charge in [0.15, 0.2) is 17.5 Å². The summed E-state index contributed by atoms with van der Waals surface area (Å²) in [6.45, 7) is 0. The molecule has 0 N–H and O–H groups in total. The van der Waals surface area contributed by atoms with Gasteiger partial charge in [-0.05, 0) is 25.0 Å². The maximum Gasteiger partial charge on any atom is 0.281 e. The van der Waals surface area contributed by atoms with Crippen LogP contribution in [0.15, 0.2) is 18.2 Å². The van der Waals surface area contributed by atoms with Crippen LogP contribution in [0.5, 0.6) is 0 Å². The van der Waals surface area contributed by atoms with E-state index in [4.69, 9.17) is 16.9 Å². The van der Waals surface area contributed by atoms with E-state index >= 15 is 0 Å². The Balaban J connectivity index is 2.39. The topological polar surface area (TPSA) is 101 Å². The summed E-state index contributed by atoms with van der Waals surface area (Å²) >= 11 is 5.65. The molecule has 0 radical (unpaired) electrons. The predicted molar refractivity (Wildman–Crippen MR) is 69.3 cm³/mol. The molecule has 1 aliphatic carbocycles. The van der Waals surface area contributed by atoms with Crippen molar-refractivity contribution in [3.63, 3.8) is 0 Å². The van der Waals surface area contributed by atoms with Crippen molar-refractivity contribution in [3.8, 4) is 6.07 Å². The highest BCUT2D eigenvalue weighted by Gasteiger charge is 2.40. The van der Waals surface area contributed by atoms with Gasteiger partial charge in [0.05, 0.1) is 16.6 Å². The van der Waals surface area contributed by atoms with Crippen molar-refractivity contribution < 1.29 is 14.5 Å². The van der Waals surface area contributed by atoms with E-state index in [1.54, 1.807) is 6.07 Å². The predicted octanol–water partition coefficient (Wildman–Crippen LogP) is 2.55. The molecule has 7 heteroatoms. The van der Waals surface area contributed by atoms with Crippen molar-refractivity contribution in [1.82, 2.24) is 0 Å². The third-order valence-corrected chi connectivity index (χ3v) is 3.31. The Morgan fingerprint density at radius 1 is 1.45 bits per heavy atom. The first-order valence-corrected chi connectivity index (χ1v) is 6.25. The number of halogens is 1. The van der Waals surface area contributed by atoms with Crippen LogP contribution < -0.4 is 0 Å². The van der Waals surface area contributed by atoms with Crippen LogP contribution in [0.25, 0.3) is 0 Å². The Labute approximate surface area is 119 Å². The molecule has 20 heavy (non-hydrogen) atoms. The fraction of sp³-hybridized carbons (Fsp3) is 0.308. The van der Waals surface area contributed by atoms with Gasteiger partial charge >= 0.3 is 0 Å². The van der Waals surface area contributed by atoms with Gasteiger partial charge in [-0.3, -0.25) is 19.7 Å². The molecule has 1 aromatic rings. The number of rotatable bonds is 5. The fourth-order valence-corrected chi connectivity index (χ4v) is 2.04. The van der Waals surface area contributed by atoms with Crippen LogP contribution in [0.3, 0.4) is 0 Å². The highest BCUT2D eigenvalue weighted by atomic mass is 35.5. The van der Waals surface area contributed by atoms with Crippen molar-refractivity contribution in [1.29, 1.82) is 5.26 Å². The first kappa shape index (κ1) is 14.2. The molecule has 1 fully saturated rings. The zero-order valence-electron chi connectivity index (χ0n) is 10.2. The Hall–Kier alpha value is -2.26. The molecule has 0 aromatic heterocycles. The lowest BCUT2D eigenvalue weighted by atomic mass is 9.92. The third kappa shape index (κ3) is 2.68. The first-order chi connectivity index (χ1) is 9.45. The monoisotopic (exact) mass is 292 g/mol. The van der Waals surface area contributed by atoms with Gasteiger partial charge in [-0.25, -0.2) is 0 Å².